The summed E-state index contributed by atoms with van der Waals surface area (Å²) in [6.07, 6.45) is 0. The Hall–Kier alpha value is -2.37. The molecule has 0 saturated heterocycles. The van der Waals surface area contributed by atoms with Crippen LogP contribution in [0.15, 0.2) is 36.4 Å². The van der Waals surface area contributed by atoms with Gasteiger partial charge < -0.3 is 5.11 Å². The third-order valence-corrected chi connectivity index (χ3v) is 2.75. The lowest BCUT2D eigenvalue weighted by Gasteiger charge is -2.07. The average molecular weight is 241 g/mol. The van der Waals surface area contributed by atoms with Gasteiger partial charge in [0.2, 0.25) is 5.88 Å². The zero-order valence-corrected chi connectivity index (χ0v) is 9.63. The summed E-state index contributed by atoms with van der Waals surface area (Å²) in [5.74, 6) is -0.468. The number of imidazole rings is 1. The summed E-state index contributed by atoms with van der Waals surface area (Å²) >= 11 is 0. The van der Waals surface area contributed by atoms with Crippen molar-refractivity contribution in [1.82, 2.24) is 14.5 Å². The molecule has 0 aliphatic carbocycles. The van der Waals surface area contributed by atoms with Gasteiger partial charge in [0.15, 0.2) is 13.5 Å². The molecular formula is C12H9BFN3O. The highest BCUT2D eigenvalue weighted by Crippen LogP contribution is 2.19. The van der Waals surface area contributed by atoms with Crippen LogP contribution >= 0.6 is 0 Å². The quantitative estimate of drug-likeness (QED) is 0.632. The van der Waals surface area contributed by atoms with Crippen molar-refractivity contribution in [1.29, 1.82) is 0 Å². The van der Waals surface area contributed by atoms with Gasteiger partial charge in [-0.2, -0.15) is 4.98 Å². The largest absolute Gasteiger partial charge is 0.493 e. The molecule has 1 N–H and O–H groups in total. The zero-order valence-electron chi connectivity index (χ0n) is 9.63. The monoisotopic (exact) mass is 241 g/mol. The minimum atomic E-state index is -0.356. The minimum Gasteiger partial charge on any atom is -0.493 e. The number of halogens is 1. The standard InChI is InChI=1S/C12H9BFN3O/c13-12-15-8-5-6-10(18)16-11(8)17(12)9-4-2-1-3-7(9)14/h1-6H,13H2,(H,16,18). The minimum absolute atomic E-state index is 0.111. The van der Waals surface area contributed by atoms with Crippen LogP contribution in [0.5, 0.6) is 5.88 Å². The molecule has 0 saturated carbocycles. The van der Waals surface area contributed by atoms with Crippen molar-refractivity contribution in [2.75, 3.05) is 0 Å². The second-order valence-corrected chi connectivity index (χ2v) is 3.96. The number of rotatable bonds is 1. The first kappa shape index (κ1) is 10.8. The summed E-state index contributed by atoms with van der Waals surface area (Å²) in [5, 5.41) is 9.43. The fourth-order valence-corrected chi connectivity index (χ4v) is 1.98. The van der Waals surface area contributed by atoms with E-state index in [1.165, 1.54) is 12.1 Å². The van der Waals surface area contributed by atoms with Crippen LogP contribution in [-0.4, -0.2) is 27.5 Å². The Morgan fingerprint density at radius 1 is 1.11 bits per heavy atom. The highest BCUT2D eigenvalue weighted by Gasteiger charge is 2.13. The Morgan fingerprint density at radius 2 is 1.89 bits per heavy atom. The number of hydrogen-bond donors (Lipinski definition) is 1. The number of pyridine rings is 1. The Morgan fingerprint density at radius 3 is 2.67 bits per heavy atom. The fourth-order valence-electron chi connectivity index (χ4n) is 1.98. The van der Waals surface area contributed by atoms with Crippen LogP contribution in [0, 0.1) is 5.82 Å². The molecule has 0 unspecified atom stereocenters. The first-order chi connectivity index (χ1) is 8.66. The van der Waals surface area contributed by atoms with Crippen molar-refractivity contribution < 1.29 is 9.50 Å². The van der Waals surface area contributed by atoms with Gasteiger partial charge in [-0.25, -0.2) is 9.37 Å². The molecule has 2 aromatic heterocycles. The van der Waals surface area contributed by atoms with E-state index in [1.807, 2.05) is 0 Å². The molecule has 3 aromatic rings. The van der Waals surface area contributed by atoms with E-state index in [0.717, 1.165) is 0 Å². The molecular weight excluding hydrogens is 232 g/mol. The van der Waals surface area contributed by atoms with Gasteiger partial charge in [-0.3, -0.25) is 4.57 Å². The lowest BCUT2D eigenvalue weighted by atomic mass is 10.1. The lowest BCUT2D eigenvalue weighted by molar-refractivity contribution is 0.455. The van der Waals surface area contributed by atoms with E-state index in [2.05, 4.69) is 9.97 Å². The Labute approximate surface area is 103 Å². The molecule has 1 aromatic carbocycles. The molecule has 0 amide bonds. The molecule has 2 heterocycles. The molecule has 0 bridgehead atoms. The van der Waals surface area contributed by atoms with Crippen LogP contribution in [0.2, 0.25) is 0 Å². The van der Waals surface area contributed by atoms with Gasteiger partial charge in [0, 0.05) is 6.07 Å². The van der Waals surface area contributed by atoms with Gasteiger partial charge in [-0.1, -0.05) is 12.1 Å². The molecule has 0 aliphatic rings. The van der Waals surface area contributed by atoms with Crippen LogP contribution in [0.3, 0.4) is 0 Å². The maximum Gasteiger partial charge on any atom is 0.212 e. The number of aromatic hydroxyl groups is 1. The smallest absolute Gasteiger partial charge is 0.212 e. The summed E-state index contributed by atoms with van der Waals surface area (Å²) in [4.78, 5) is 8.30. The molecule has 6 heteroatoms. The summed E-state index contributed by atoms with van der Waals surface area (Å²) in [6.45, 7) is 0. The van der Waals surface area contributed by atoms with E-state index in [0.29, 0.717) is 22.6 Å². The molecule has 0 fully saturated rings. The maximum absolute atomic E-state index is 13.8. The number of para-hydroxylation sites is 1. The molecule has 0 atom stereocenters. The van der Waals surface area contributed by atoms with E-state index in [-0.39, 0.29) is 11.7 Å². The Bertz CT molecular complexity index is 741. The average Bonchev–Trinajstić information content (AvgIpc) is 2.66. The van der Waals surface area contributed by atoms with Crippen LogP contribution in [0.25, 0.3) is 16.9 Å². The zero-order chi connectivity index (χ0) is 12.7. The van der Waals surface area contributed by atoms with Crippen LogP contribution < -0.4 is 5.72 Å². The van der Waals surface area contributed by atoms with Gasteiger partial charge in [-0.15, -0.1) is 0 Å². The summed E-state index contributed by atoms with van der Waals surface area (Å²) in [6, 6.07) is 9.51. The highest BCUT2D eigenvalue weighted by molar-refractivity contribution is 6.30. The predicted octanol–water partition coefficient (Wildman–Crippen LogP) is 0.524. The number of fused-ring (bicyclic) bond motifs is 1. The van der Waals surface area contributed by atoms with Crippen molar-refractivity contribution in [3.63, 3.8) is 0 Å². The number of nitrogens with zero attached hydrogens (tertiary/aromatic N) is 3. The van der Waals surface area contributed by atoms with E-state index in [4.69, 9.17) is 0 Å². The number of aromatic nitrogens is 3. The van der Waals surface area contributed by atoms with Crippen molar-refractivity contribution in [3.8, 4) is 11.6 Å². The number of hydrogen-bond acceptors (Lipinski definition) is 3. The van der Waals surface area contributed by atoms with Gasteiger partial charge in [-0.05, 0) is 18.2 Å². The summed E-state index contributed by atoms with van der Waals surface area (Å²) < 4.78 is 15.4. The first-order valence-corrected chi connectivity index (χ1v) is 5.47. The third kappa shape index (κ3) is 1.54. The first-order valence-electron chi connectivity index (χ1n) is 5.47. The van der Waals surface area contributed by atoms with Gasteiger partial charge in [0.05, 0.1) is 11.4 Å². The van der Waals surface area contributed by atoms with Crippen molar-refractivity contribution >= 4 is 24.7 Å². The summed E-state index contributed by atoms with van der Waals surface area (Å²) in [5.41, 5.74) is 2.05. The number of benzene rings is 1. The normalized spacial score (nSPS) is 10.9. The van der Waals surface area contributed by atoms with E-state index >= 15 is 0 Å². The predicted molar refractivity (Wildman–Crippen MR) is 68.7 cm³/mol. The molecule has 0 radical (unpaired) electrons. The SMILES string of the molecule is Bc1nc2ccc(O)nc2n1-c1ccccc1F. The van der Waals surface area contributed by atoms with Crippen molar-refractivity contribution in [2.45, 2.75) is 0 Å². The maximum atomic E-state index is 13.8. The molecule has 88 valence electrons. The molecule has 0 aliphatic heterocycles. The van der Waals surface area contributed by atoms with Crippen LogP contribution in [0.1, 0.15) is 0 Å². The Kier molecular flexibility index (Phi) is 2.29. The Balaban J connectivity index is 2.38. The second kappa shape index (κ2) is 3.84. The third-order valence-electron chi connectivity index (χ3n) is 2.75. The second-order valence-electron chi connectivity index (χ2n) is 3.96. The summed E-state index contributed by atoms with van der Waals surface area (Å²) in [7, 11) is 1.77. The topological polar surface area (TPSA) is 50.9 Å². The molecule has 4 nitrogen and oxygen atoms in total. The highest BCUT2D eigenvalue weighted by atomic mass is 19.1. The van der Waals surface area contributed by atoms with E-state index < -0.39 is 0 Å². The van der Waals surface area contributed by atoms with Gasteiger partial charge in [0.25, 0.3) is 0 Å². The van der Waals surface area contributed by atoms with Crippen molar-refractivity contribution in [3.05, 3.63) is 42.2 Å². The van der Waals surface area contributed by atoms with E-state index in [9.17, 15) is 9.50 Å². The van der Waals surface area contributed by atoms with Crippen LogP contribution in [0.4, 0.5) is 4.39 Å². The van der Waals surface area contributed by atoms with Gasteiger partial charge >= 0.3 is 0 Å². The van der Waals surface area contributed by atoms with Crippen LogP contribution in [-0.2, 0) is 0 Å². The van der Waals surface area contributed by atoms with Crippen molar-refractivity contribution in [2.24, 2.45) is 0 Å². The van der Waals surface area contributed by atoms with Gasteiger partial charge in [0.1, 0.15) is 11.3 Å². The fraction of sp³-hybridized carbons (Fsp3) is 0. The van der Waals surface area contributed by atoms with E-state index in [1.54, 1.807) is 36.7 Å². The lowest BCUT2D eigenvalue weighted by Crippen LogP contribution is -2.18. The molecule has 3 rings (SSSR count). The molecule has 0 spiro atoms. The molecule has 18 heavy (non-hydrogen) atoms.